The van der Waals surface area contributed by atoms with Gasteiger partial charge in [0.2, 0.25) is 0 Å². The Balaban J connectivity index is 0.00000128. The van der Waals surface area contributed by atoms with Crippen molar-refractivity contribution in [3.8, 4) is 17.9 Å². The highest BCUT2D eigenvalue weighted by molar-refractivity contribution is 5.95. The lowest BCUT2D eigenvalue weighted by molar-refractivity contribution is -0.122. The zero-order valence-electron chi connectivity index (χ0n) is 24.0. The summed E-state index contributed by atoms with van der Waals surface area (Å²) in [6.07, 6.45) is 3.07. The molecule has 2 aliphatic rings. The molecule has 1 aliphatic carbocycles. The number of anilines is 1. The lowest BCUT2D eigenvalue weighted by atomic mass is 9.83. The van der Waals surface area contributed by atoms with Crippen molar-refractivity contribution in [3.05, 3.63) is 93.3 Å². The second-order valence-electron chi connectivity index (χ2n) is 10.6. The Labute approximate surface area is 256 Å². The third-order valence-corrected chi connectivity index (χ3v) is 7.82. The lowest BCUT2D eigenvalue weighted by Crippen LogP contribution is -2.49. The summed E-state index contributed by atoms with van der Waals surface area (Å²) in [5, 5.41) is 32.7. The van der Waals surface area contributed by atoms with Gasteiger partial charge in [-0.15, -0.1) is 0 Å². The smallest absolute Gasteiger partial charge is 0.290 e. The number of benzene rings is 2. The average molecular weight is 610 g/mol. The number of ether oxygens (including phenoxy) is 1. The van der Waals surface area contributed by atoms with Crippen LogP contribution in [0.2, 0.25) is 0 Å². The number of hydrogen-bond acceptors (Lipinski definition) is 9. The summed E-state index contributed by atoms with van der Waals surface area (Å²) in [4.78, 5) is 42.1. The zero-order chi connectivity index (χ0) is 31.9. The maximum Gasteiger partial charge on any atom is 0.290 e. The maximum atomic E-state index is 14.9. The van der Waals surface area contributed by atoms with Crippen LogP contribution in [-0.4, -0.2) is 69.9 Å². The van der Waals surface area contributed by atoms with Gasteiger partial charge in [0.15, 0.2) is 0 Å². The standard InChI is InChI=1S/C31H26FN7O3.CH2O2/c32-27-5-1-19(13-26(27)31(41)39-9-7-38(8-10-39)29-6-2-20(16-33)18-35-29)14-28-25-15-22(42-23-11-21(12-23)17-34)3-4-24(25)30(40)37-36-28;2-1-3/h1-6,13,15,18,21,23H,7-12,14H2,(H,37,40);1H,(H,2,3). The number of rotatable bonds is 6. The molecule has 4 aromatic rings. The van der Waals surface area contributed by atoms with Crippen LogP contribution < -0.4 is 15.2 Å². The number of hydrogen-bond donors (Lipinski definition) is 2. The SMILES string of the molecule is N#Cc1ccc(N2CCN(C(=O)c3cc(Cc4n[nH]c(=O)c5ccc(OC6CC(C#N)C6)cc45)ccc3F)CC2)nc1.O=CO. The van der Waals surface area contributed by atoms with E-state index in [-0.39, 0.29) is 36.0 Å². The molecule has 12 nitrogen and oxygen atoms in total. The molecular weight excluding hydrogens is 581 g/mol. The van der Waals surface area contributed by atoms with Crippen LogP contribution in [0.15, 0.2) is 59.5 Å². The summed E-state index contributed by atoms with van der Waals surface area (Å²) in [5.41, 5.74) is 1.35. The Kier molecular flexibility index (Phi) is 9.29. The van der Waals surface area contributed by atoms with E-state index in [1.54, 1.807) is 47.4 Å². The Hall–Kier alpha value is -5.82. The second-order valence-corrected chi connectivity index (χ2v) is 10.6. The Morgan fingerprint density at radius 2 is 1.84 bits per heavy atom. The number of halogens is 1. The van der Waals surface area contributed by atoms with Crippen molar-refractivity contribution >= 4 is 29.0 Å². The van der Waals surface area contributed by atoms with Crippen molar-refractivity contribution in [3.63, 3.8) is 0 Å². The van der Waals surface area contributed by atoms with Gasteiger partial charge in [0.1, 0.15) is 29.6 Å². The molecule has 1 aliphatic heterocycles. The first-order valence-electron chi connectivity index (χ1n) is 14.2. The molecule has 13 heteroatoms. The molecular formula is C32H28FN7O5. The largest absolute Gasteiger partial charge is 0.490 e. The van der Waals surface area contributed by atoms with Crippen LogP contribution in [0.3, 0.4) is 0 Å². The fraction of sp³-hybridized carbons (Fsp3) is 0.281. The molecule has 6 rings (SSSR count). The Bertz CT molecular complexity index is 1850. The highest BCUT2D eigenvalue weighted by Gasteiger charge is 2.31. The first kappa shape index (κ1) is 30.6. The number of pyridine rings is 1. The van der Waals surface area contributed by atoms with Crippen LogP contribution in [0.4, 0.5) is 10.2 Å². The molecule has 0 unspecified atom stereocenters. The van der Waals surface area contributed by atoms with Gasteiger partial charge in [0, 0.05) is 57.0 Å². The number of nitrogens with one attached hydrogen (secondary N) is 1. The number of nitriles is 2. The molecule has 0 spiro atoms. The molecule has 1 saturated heterocycles. The topological polar surface area (TPSA) is 176 Å². The van der Waals surface area contributed by atoms with Crippen molar-refractivity contribution in [2.24, 2.45) is 5.92 Å². The number of amides is 1. The van der Waals surface area contributed by atoms with E-state index in [1.165, 1.54) is 12.3 Å². The molecule has 0 atom stereocenters. The maximum absolute atomic E-state index is 14.9. The van der Waals surface area contributed by atoms with Crippen LogP contribution >= 0.6 is 0 Å². The van der Waals surface area contributed by atoms with E-state index in [0.29, 0.717) is 72.4 Å². The molecule has 2 N–H and O–H groups in total. The van der Waals surface area contributed by atoms with Crippen LogP contribution in [0.5, 0.6) is 5.75 Å². The number of aromatic nitrogens is 3. The summed E-state index contributed by atoms with van der Waals surface area (Å²) in [5.74, 6) is 0.318. The minimum absolute atomic E-state index is 0.00865. The summed E-state index contributed by atoms with van der Waals surface area (Å²) < 4.78 is 20.9. The van der Waals surface area contributed by atoms with E-state index in [4.69, 9.17) is 25.2 Å². The van der Waals surface area contributed by atoms with Crippen molar-refractivity contribution in [2.75, 3.05) is 31.1 Å². The third-order valence-electron chi connectivity index (χ3n) is 7.82. The predicted molar refractivity (Wildman–Crippen MR) is 160 cm³/mol. The molecule has 228 valence electrons. The highest BCUT2D eigenvalue weighted by atomic mass is 19.1. The predicted octanol–water partition coefficient (Wildman–Crippen LogP) is 3.26. The normalized spacial score (nSPS) is 17.2. The van der Waals surface area contributed by atoms with Gasteiger partial charge in [-0.1, -0.05) is 6.07 Å². The van der Waals surface area contributed by atoms with Gasteiger partial charge < -0.3 is 19.6 Å². The van der Waals surface area contributed by atoms with Crippen molar-refractivity contribution in [2.45, 2.75) is 25.4 Å². The number of carbonyl (C=O) groups is 2. The summed E-state index contributed by atoms with van der Waals surface area (Å²) in [7, 11) is 0. The van der Waals surface area contributed by atoms with Crippen molar-refractivity contribution < 1.29 is 23.8 Å². The molecule has 2 aromatic carbocycles. The summed E-state index contributed by atoms with van der Waals surface area (Å²) in [6.45, 7) is 1.60. The molecule has 2 fully saturated rings. The lowest BCUT2D eigenvalue weighted by Gasteiger charge is -2.35. The first-order valence-corrected chi connectivity index (χ1v) is 14.2. The van der Waals surface area contributed by atoms with Crippen molar-refractivity contribution in [1.82, 2.24) is 20.1 Å². The van der Waals surface area contributed by atoms with E-state index in [2.05, 4.69) is 21.3 Å². The van der Waals surface area contributed by atoms with E-state index >= 15 is 0 Å². The van der Waals surface area contributed by atoms with Crippen LogP contribution in [0, 0.1) is 34.4 Å². The third kappa shape index (κ3) is 6.89. The fourth-order valence-electron chi connectivity index (χ4n) is 5.35. The number of H-pyrrole nitrogens is 1. The quantitative estimate of drug-likeness (QED) is 0.309. The highest BCUT2D eigenvalue weighted by Crippen LogP contribution is 2.32. The monoisotopic (exact) mass is 609 g/mol. The van der Waals surface area contributed by atoms with Gasteiger partial charge in [-0.3, -0.25) is 14.4 Å². The van der Waals surface area contributed by atoms with Crippen LogP contribution in [0.25, 0.3) is 10.8 Å². The van der Waals surface area contributed by atoms with E-state index < -0.39 is 11.7 Å². The molecule has 45 heavy (non-hydrogen) atoms. The van der Waals surface area contributed by atoms with E-state index in [9.17, 15) is 14.0 Å². The minimum Gasteiger partial charge on any atom is -0.490 e. The molecule has 0 bridgehead atoms. The molecule has 2 aromatic heterocycles. The number of aromatic amines is 1. The second kappa shape index (κ2) is 13.7. The van der Waals surface area contributed by atoms with Gasteiger partial charge in [-0.05, 0) is 48.0 Å². The van der Waals surface area contributed by atoms with E-state index in [0.717, 1.165) is 5.82 Å². The van der Waals surface area contributed by atoms with Crippen LogP contribution in [-0.2, 0) is 11.2 Å². The number of piperazine rings is 1. The number of nitrogens with zero attached hydrogens (tertiary/aromatic N) is 6. The molecule has 1 amide bonds. The van der Waals surface area contributed by atoms with Crippen LogP contribution in [0.1, 0.15) is 40.0 Å². The first-order chi connectivity index (χ1) is 21.8. The number of carbonyl (C=O) groups excluding carboxylic acids is 1. The summed E-state index contributed by atoms with van der Waals surface area (Å²) >= 11 is 0. The Morgan fingerprint density at radius 1 is 1.09 bits per heavy atom. The summed E-state index contributed by atoms with van der Waals surface area (Å²) in [6, 6.07) is 17.4. The van der Waals surface area contributed by atoms with Gasteiger partial charge in [0.05, 0.1) is 34.2 Å². The van der Waals surface area contributed by atoms with E-state index in [1.807, 2.05) is 11.0 Å². The van der Waals surface area contributed by atoms with Gasteiger partial charge in [-0.2, -0.15) is 15.6 Å². The zero-order valence-corrected chi connectivity index (χ0v) is 24.0. The molecule has 0 radical (unpaired) electrons. The number of carboxylic acid groups (broad SMARTS) is 1. The minimum atomic E-state index is -0.605. The fourth-order valence-corrected chi connectivity index (χ4v) is 5.35. The Morgan fingerprint density at radius 3 is 2.51 bits per heavy atom. The van der Waals surface area contributed by atoms with Crippen molar-refractivity contribution in [1.29, 1.82) is 10.5 Å². The number of fused-ring (bicyclic) bond motifs is 1. The van der Waals surface area contributed by atoms with Gasteiger partial charge >= 0.3 is 0 Å². The molecule has 3 heterocycles. The average Bonchev–Trinajstić information content (AvgIpc) is 3.05. The molecule has 1 saturated carbocycles. The van der Waals surface area contributed by atoms with Gasteiger partial charge in [-0.25, -0.2) is 14.5 Å². The van der Waals surface area contributed by atoms with Gasteiger partial charge in [0.25, 0.3) is 17.9 Å².